The summed E-state index contributed by atoms with van der Waals surface area (Å²) in [5, 5.41) is 7.83. The molecule has 2 unspecified atom stereocenters. The van der Waals surface area contributed by atoms with E-state index in [-0.39, 0.29) is 5.75 Å². The Kier molecular flexibility index (Phi) is 3.96. The predicted molar refractivity (Wildman–Crippen MR) is 57.9 cm³/mol. The molecule has 0 radical (unpaired) electrons. The molecule has 0 aliphatic rings. The summed E-state index contributed by atoms with van der Waals surface area (Å²) in [6.07, 6.45) is 1.62. The van der Waals surface area contributed by atoms with E-state index >= 15 is 0 Å². The Labute approximate surface area is 90.8 Å². The van der Waals surface area contributed by atoms with Gasteiger partial charge >= 0.3 is 5.97 Å². The van der Waals surface area contributed by atoms with Crippen molar-refractivity contribution in [2.45, 2.75) is 24.9 Å². The van der Waals surface area contributed by atoms with E-state index in [2.05, 4.69) is 4.98 Å². The Morgan fingerprint density at radius 2 is 2.33 bits per heavy atom. The molecular formula is C10H13NO3S. The molecule has 0 aliphatic heterocycles. The lowest BCUT2D eigenvalue weighted by molar-refractivity contribution is -0.136. The summed E-state index contributed by atoms with van der Waals surface area (Å²) in [6.45, 7) is 3.31. The fourth-order valence-electron chi connectivity index (χ4n) is 1.04. The molecule has 0 saturated heterocycles. The number of carboxylic acids is 1. The highest BCUT2D eigenvalue weighted by molar-refractivity contribution is 7.85. The second-order valence-corrected chi connectivity index (χ2v) is 5.03. The molecule has 0 aromatic carbocycles. The molecule has 1 heterocycles. The molecule has 5 heteroatoms. The standard InChI is InChI=1S/C10H13NO3S/c1-7-4-3-5-11-9(7)6-15(14)8(2)10(12)13/h3-5,8H,6H2,1-2H3,(H,12,13). The molecule has 15 heavy (non-hydrogen) atoms. The topological polar surface area (TPSA) is 67.3 Å². The van der Waals surface area contributed by atoms with Crippen LogP contribution in [0.4, 0.5) is 0 Å². The predicted octanol–water partition coefficient (Wildman–Crippen LogP) is 1.11. The molecule has 0 spiro atoms. The lowest BCUT2D eigenvalue weighted by Crippen LogP contribution is -2.23. The van der Waals surface area contributed by atoms with Gasteiger partial charge in [-0.3, -0.25) is 14.0 Å². The number of hydrogen-bond acceptors (Lipinski definition) is 3. The number of pyridine rings is 1. The van der Waals surface area contributed by atoms with E-state index in [1.807, 2.05) is 13.0 Å². The van der Waals surface area contributed by atoms with Gasteiger partial charge in [0.15, 0.2) is 0 Å². The Morgan fingerprint density at radius 3 is 2.87 bits per heavy atom. The monoisotopic (exact) mass is 227 g/mol. The third-order valence-electron chi connectivity index (χ3n) is 2.14. The van der Waals surface area contributed by atoms with Crippen molar-refractivity contribution in [3.63, 3.8) is 0 Å². The normalized spacial score (nSPS) is 14.5. The number of nitrogens with zero attached hydrogens (tertiary/aromatic N) is 1. The van der Waals surface area contributed by atoms with Gasteiger partial charge < -0.3 is 5.11 Å². The third-order valence-corrected chi connectivity index (χ3v) is 3.69. The van der Waals surface area contributed by atoms with Crippen LogP contribution >= 0.6 is 0 Å². The van der Waals surface area contributed by atoms with E-state index in [4.69, 9.17) is 5.11 Å². The van der Waals surface area contributed by atoms with Crippen molar-refractivity contribution in [1.82, 2.24) is 4.98 Å². The summed E-state index contributed by atoms with van der Waals surface area (Å²) in [5.41, 5.74) is 1.63. The van der Waals surface area contributed by atoms with Gasteiger partial charge in [-0.25, -0.2) is 0 Å². The van der Waals surface area contributed by atoms with Crippen molar-refractivity contribution in [3.05, 3.63) is 29.6 Å². The van der Waals surface area contributed by atoms with Crippen LogP contribution in [-0.2, 0) is 21.3 Å². The highest BCUT2D eigenvalue weighted by Crippen LogP contribution is 2.09. The van der Waals surface area contributed by atoms with Crippen LogP contribution in [-0.4, -0.2) is 25.5 Å². The maximum atomic E-state index is 11.6. The maximum Gasteiger partial charge on any atom is 0.318 e. The largest absolute Gasteiger partial charge is 0.480 e. The summed E-state index contributed by atoms with van der Waals surface area (Å²) < 4.78 is 11.6. The number of aliphatic carboxylic acids is 1. The number of aryl methyl sites for hydroxylation is 1. The maximum absolute atomic E-state index is 11.6. The smallest absolute Gasteiger partial charge is 0.318 e. The highest BCUT2D eigenvalue weighted by Gasteiger charge is 2.19. The number of aromatic nitrogens is 1. The molecule has 2 atom stereocenters. The minimum atomic E-state index is -1.42. The molecule has 1 rings (SSSR count). The molecule has 0 amide bonds. The molecule has 1 aromatic rings. The van der Waals surface area contributed by atoms with E-state index in [1.165, 1.54) is 6.92 Å². The second-order valence-electron chi connectivity index (χ2n) is 3.27. The lowest BCUT2D eigenvalue weighted by atomic mass is 10.2. The van der Waals surface area contributed by atoms with Crippen LogP contribution in [0.25, 0.3) is 0 Å². The van der Waals surface area contributed by atoms with Crippen LogP contribution in [0.15, 0.2) is 18.3 Å². The minimum Gasteiger partial charge on any atom is -0.480 e. The summed E-state index contributed by atoms with van der Waals surface area (Å²) in [5.74, 6) is -0.845. The van der Waals surface area contributed by atoms with Crippen LogP contribution in [0.5, 0.6) is 0 Å². The van der Waals surface area contributed by atoms with Gasteiger partial charge in [-0.1, -0.05) is 6.07 Å². The van der Waals surface area contributed by atoms with Crippen molar-refractivity contribution in [1.29, 1.82) is 0 Å². The van der Waals surface area contributed by atoms with E-state index < -0.39 is 22.0 Å². The van der Waals surface area contributed by atoms with Gasteiger partial charge in [-0.2, -0.15) is 0 Å². The third kappa shape index (κ3) is 3.13. The van der Waals surface area contributed by atoms with Gasteiger partial charge in [0.1, 0.15) is 5.25 Å². The lowest BCUT2D eigenvalue weighted by Gasteiger charge is -2.07. The fraction of sp³-hybridized carbons (Fsp3) is 0.400. The fourth-order valence-corrected chi connectivity index (χ4v) is 2.09. The first-order valence-electron chi connectivity index (χ1n) is 4.53. The Balaban J connectivity index is 2.75. The molecule has 0 saturated carbocycles. The van der Waals surface area contributed by atoms with Crippen molar-refractivity contribution in [2.24, 2.45) is 0 Å². The van der Waals surface area contributed by atoms with E-state index in [9.17, 15) is 9.00 Å². The SMILES string of the molecule is Cc1cccnc1CS(=O)C(C)C(=O)O. The van der Waals surface area contributed by atoms with Gasteiger partial charge in [-0.05, 0) is 25.5 Å². The molecule has 0 fully saturated rings. The second kappa shape index (κ2) is 5.02. The van der Waals surface area contributed by atoms with Crippen LogP contribution in [0.3, 0.4) is 0 Å². The molecule has 1 N–H and O–H groups in total. The summed E-state index contributed by atoms with van der Waals surface area (Å²) in [4.78, 5) is 14.7. The molecule has 82 valence electrons. The van der Waals surface area contributed by atoms with Gasteiger partial charge in [0.05, 0.1) is 11.4 Å². The Hall–Kier alpha value is -1.23. The summed E-state index contributed by atoms with van der Waals surface area (Å²) in [6, 6.07) is 3.66. The first-order chi connectivity index (χ1) is 7.02. The molecule has 0 bridgehead atoms. The average molecular weight is 227 g/mol. The number of carbonyl (C=O) groups is 1. The zero-order chi connectivity index (χ0) is 11.4. The quantitative estimate of drug-likeness (QED) is 0.836. The van der Waals surface area contributed by atoms with Crippen LogP contribution < -0.4 is 0 Å². The first-order valence-corrected chi connectivity index (χ1v) is 5.91. The van der Waals surface area contributed by atoms with Gasteiger partial charge in [0.25, 0.3) is 0 Å². The minimum absolute atomic E-state index is 0.195. The van der Waals surface area contributed by atoms with Gasteiger partial charge in [0, 0.05) is 17.0 Å². The molecule has 1 aromatic heterocycles. The zero-order valence-corrected chi connectivity index (χ0v) is 9.45. The molecular weight excluding hydrogens is 214 g/mol. The Morgan fingerprint density at radius 1 is 1.67 bits per heavy atom. The number of carboxylic acid groups (broad SMARTS) is 1. The van der Waals surface area contributed by atoms with Crippen molar-refractivity contribution in [3.8, 4) is 0 Å². The van der Waals surface area contributed by atoms with Crippen molar-refractivity contribution in [2.75, 3.05) is 0 Å². The van der Waals surface area contributed by atoms with Crippen LogP contribution in [0.1, 0.15) is 18.2 Å². The first kappa shape index (κ1) is 11.8. The molecule has 0 aliphatic carbocycles. The van der Waals surface area contributed by atoms with Gasteiger partial charge in [0.2, 0.25) is 0 Å². The summed E-state index contributed by atoms with van der Waals surface area (Å²) in [7, 11) is -1.42. The van der Waals surface area contributed by atoms with Crippen molar-refractivity contribution >= 4 is 16.8 Å². The number of hydrogen-bond donors (Lipinski definition) is 1. The van der Waals surface area contributed by atoms with Gasteiger partial charge in [-0.15, -0.1) is 0 Å². The number of rotatable bonds is 4. The Bertz CT molecular complexity index is 392. The van der Waals surface area contributed by atoms with Crippen LogP contribution in [0.2, 0.25) is 0 Å². The van der Waals surface area contributed by atoms with E-state index in [0.29, 0.717) is 5.69 Å². The average Bonchev–Trinajstić information content (AvgIpc) is 2.20. The molecule has 4 nitrogen and oxygen atoms in total. The summed E-state index contributed by atoms with van der Waals surface area (Å²) >= 11 is 0. The van der Waals surface area contributed by atoms with E-state index in [1.54, 1.807) is 12.3 Å². The zero-order valence-electron chi connectivity index (χ0n) is 8.64. The van der Waals surface area contributed by atoms with Crippen LogP contribution in [0, 0.1) is 6.92 Å². The van der Waals surface area contributed by atoms with E-state index in [0.717, 1.165) is 5.56 Å². The van der Waals surface area contributed by atoms with Crippen molar-refractivity contribution < 1.29 is 14.1 Å². The highest BCUT2D eigenvalue weighted by atomic mass is 32.2.